The lowest BCUT2D eigenvalue weighted by molar-refractivity contribution is -0.148. The van der Waals surface area contributed by atoms with Gasteiger partial charge in [-0.25, -0.2) is 4.90 Å². The summed E-state index contributed by atoms with van der Waals surface area (Å²) in [5, 5.41) is 14.5. The van der Waals surface area contributed by atoms with E-state index < -0.39 is 41.2 Å². The van der Waals surface area contributed by atoms with Crippen molar-refractivity contribution in [3.63, 3.8) is 0 Å². The first-order valence-corrected chi connectivity index (χ1v) is 14.0. The summed E-state index contributed by atoms with van der Waals surface area (Å²) in [6, 6.07) is 16.9. The molecule has 0 spiro atoms. The lowest BCUT2D eigenvalue weighted by Crippen LogP contribution is -2.57. The van der Waals surface area contributed by atoms with Crippen LogP contribution in [0, 0.1) is 11.8 Å². The number of rotatable bonds is 7. The molecule has 6 nitrogen and oxygen atoms in total. The molecule has 2 heterocycles. The highest BCUT2D eigenvalue weighted by molar-refractivity contribution is 6.43. The molecule has 4 unspecified atom stereocenters. The first-order valence-electron chi connectivity index (χ1n) is 12.8. The number of carboxylic acids is 1. The lowest BCUT2D eigenvalue weighted by atomic mass is 9.76. The Kier molecular flexibility index (Phi) is 7.51. The molecule has 0 bridgehead atoms. The Morgan fingerprint density at radius 1 is 0.949 bits per heavy atom. The van der Waals surface area contributed by atoms with Gasteiger partial charge < -0.3 is 5.11 Å². The summed E-state index contributed by atoms with van der Waals surface area (Å²) in [7, 11) is 0. The van der Waals surface area contributed by atoms with Crippen LogP contribution in [-0.4, -0.2) is 28.4 Å². The number of fused-ring (bicyclic) bond motifs is 1. The number of carbonyl (C=O) groups excluding carboxylic acids is 2. The number of aryl methyl sites for hydroxylation is 2. The van der Waals surface area contributed by atoms with Crippen molar-refractivity contribution < 1.29 is 19.5 Å². The van der Waals surface area contributed by atoms with Crippen molar-refractivity contribution in [2.45, 2.75) is 44.7 Å². The molecule has 3 aromatic carbocycles. The van der Waals surface area contributed by atoms with Crippen LogP contribution in [0.2, 0.25) is 15.1 Å². The van der Waals surface area contributed by atoms with Crippen LogP contribution in [0.5, 0.6) is 0 Å². The fourth-order valence-electron chi connectivity index (χ4n) is 6.15. The number of para-hydroxylation sites is 1. The molecule has 2 fully saturated rings. The maximum absolute atomic E-state index is 14.4. The highest BCUT2D eigenvalue weighted by Gasteiger charge is 2.69. The molecule has 2 aliphatic rings. The van der Waals surface area contributed by atoms with Crippen LogP contribution in [0.1, 0.15) is 42.1 Å². The molecule has 2 aliphatic heterocycles. The van der Waals surface area contributed by atoms with Crippen molar-refractivity contribution in [2.24, 2.45) is 11.8 Å². The Hall–Kier alpha value is -2.90. The van der Waals surface area contributed by atoms with E-state index in [2.05, 4.69) is 5.32 Å². The molecular formula is C30H27Cl3N2O4. The fourth-order valence-corrected chi connectivity index (χ4v) is 6.88. The number of carboxylic acid groups (broad SMARTS) is 1. The third-order valence-corrected chi connectivity index (χ3v) is 8.94. The normalized spacial score (nSPS) is 24.3. The van der Waals surface area contributed by atoms with E-state index in [1.165, 1.54) is 11.0 Å². The zero-order valence-corrected chi connectivity index (χ0v) is 23.6. The number of nitrogens with zero attached hydrogens (tertiary/aromatic N) is 1. The number of halogens is 3. The third kappa shape index (κ3) is 4.44. The molecule has 39 heavy (non-hydrogen) atoms. The van der Waals surface area contributed by atoms with Crippen LogP contribution in [0.3, 0.4) is 0 Å². The number of amides is 2. The van der Waals surface area contributed by atoms with Crippen molar-refractivity contribution in [3.05, 3.63) is 98.0 Å². The van der Waals surface area contributed by atoms with Crippen molar-refractivity contribution in [2.75, 3.05) is 4.90 Å². The summed E-state index contributed by atoms with van der Waals surface area (Å²) in [5.74, 6) is -4.48. The maximum Gasteiger partial charge on any atom is 0.325 e. The van der Waals surface area contributed by atoms with E-state index in [0.29, 0.717) is 29.7 Å². The Balaban J connectivity index is 1.74. The van der Waals surface area contributed by atoms with E-state index >= 15 is 0 Å². The molecule has 2 amide bonds. The number of hydrogen-bond acceptors (Lipinski definition) is 4. The molecule has 0 radical (unpaired) electrons. The first-order chi connectivity index (χ1) is 18.6. The van der Waals surface area contributed by atoms with Gasteiger partial charge in [0.15, 0.2) is 0 Å². The fraction of sp³-hybridized carbons (Fsp3) is 0.300. The second-order valence-electron chi connectivity index (χ2n) is 10.00. The predicted octanol–water partition coefficient (Wildman–Crippen LogP) is 6.29. The standard InChI is InChI=1S/C30H27Cl3N2O4/c1-3-17-11-8-12-18(4-2)26(17)35-27(36)22-23(28(35)37)30(29(38)39,15-16-9-6-5-7-10-16)34-25(22)20-13-19(31)14-21(32)24(20)33/h5-14,22-23,25,34H,3-4,15H2,1-2H3,(H,38,39). The molecular weight excluding hydrogens is 559 g/mol. The molecule has 2 saturated heterocycles. The monoisotopic (exact) mass is 584 g/mol. The van der Waals surface area contributed by atoms with E-state index in [9.17, 15) is 19.5 Å². The highest BCUT2D eigenvalue weighted by atomic mass is 35.5. The Morgan fingerprint density at radius 3 is 2.18 bits per heavy atom. The molecule has 3 aromatic rings. The van der Waals surface area contributed by atoms with Crippen LogP contribution < -0.4 is 10.2 Å². The third-order valence-electron chi connectivity index (χ3n) is 7.91. The van der Waals surface area contributed by atoms with E-state index in [1.807, 2.05) is 38.1 Å². The van der Waals surface area contributed by atoms with Crippen molar-refractivity contribution in [1.29, 1.82) is 0 Å². The summed E-state index contributed by atoms with van der Waals surface area (Å²) >= 11 is 19.3. The molecule has 5 rings (SSSR count). The SMILES string of the molecule is CCc1cccc(CC)c1N1C(=O)C2C(c3cc(Cl)cc(Cl)c3Cl)NC(Cc3ccccc3)(C(=O)O)C2C1=O. The van der Waals surface area contributed by atoms with Gasteiger partial charge >= 0.3 is 5.97 Å². The Labute approximate surface area is 241 Å². The van der Waals surface area contributed by atoms with E-state index in [-0.39, 0.29) is 21.5 Å². The summed E-state index contributed by atoms with van der Waals surface area (Å²) in [5.41, 5.74) is 1.53. The van der Waals surface area contributed by atoms with Gasteiger partial charge in [-0.3, -0.25) is 19.7 Å². The van der Waals surface area contributed by atoms with Gasteiger partial charge in [-0.1, -0.05) is 97.2 Å². The number of imide groups is 1. The number of anilines is 1. The lowest BCUT2D eigenvalue weighted by Gasteiger charge is -2.32. The molecule has 202 valence electrons. The number of hydrogen-bond donors (Lipinski definition) is 2. The minimum Gasteiger partial charge on any atom is -0.480 e. The van der Waals surface area contributed by atoms with Crippen molar-refractivity contribution >= 4 is 58.3 Å². The molecule has 9 heteroatoms. The average Bonchev–Trinajstić information content (AvgIpc) is 3.39. The van der Waals surface area contributed by atoms with Gasteiger partial charge in [0.25, 0.3) is 0 Å². The summed E-state index contributed by atoms with van der Waals surface area (Å²) < 4.78 is 0. The summed E-state index contributed by atoms with van der Waals surface area (Å²) in [6.45, 7) is 3.92. The summed E-state index contributed by atoms with van der Waals surface area (Å²) in [4.78, 5) is 43.1. The quantitative estimate of drug-likeness (QED) is 0.251. The average molecular weight is 586 g/mol. The van der Waals surface area contributed by atoms with Gasteiger partial charge in [0.05, 0.1) is 27.6 Å². The van der Waals surface area contributed by atoms with Crippen molar-refractivity contribution in [1.82, 2.24) is 5.32 Å². The number of nitrogens with one attached hydrogen (secondary N) is 1. The Morgan fingerprint density at radius 2 is 1.59 bits per heavy atom. The smallest absolute Gasteiger partial charge is 0.325 e. The predicted molar refractivity (Wildman–Crippen MR) is 153 cm³/mol. The second kappa shape index (κ2) is 10.6. The van der Waals surface area contributed by atoms with Gasteiger partial charge in [-0.05, 0) is 47.2 Å². The van der Waals surface area contributed by atoms with Gasteiger partial charge in [0.1, 0.15) is 5.54 Å². The molecule has 4 atom stereocenters. The minimum atomic E-state index is -1.79. The van der Waals surface area contributed by atoms with E-state index in [1.54, 1.807) is 30.3 Å². The molecule has 0 aliphatic carbocycles. The van der Waals surface area contributed by atoms with Gasteiger partial charge in [-0.2, -0.15) is 0 Å². The van der Waals surface area contributed by atoms with Gasteiger partial charge in [0.2, 0.25) is 11.8 Å². The topological polar surface area (TPSA) is 86.7 Å². The number of aliphatic carboxylic acids is 1. The van der Waals surface area contributed by atoms with E-state index in [0.717, 1.165) is 11.1 Å². The minimum absolute atomic E-state index is 0.0182. The number of benzene rings is 3. The van der Waals surface area contributed by atoms with E-state index in [4.69, 9.17) is 34.8 Å². The number of carbonyl (C=O) groups is 3. The van der Waals surface area contributed by atoms with Crippen LogP contribution in [0.4, 0.5) is 5.69 Å². The molecule has 2 N–H and O–H groups in total. The van der Waals surface area contributed by atoms with Crippen LogP contribution in [-0.2, 0) is 33.6 Å². The molecule has 0 aromatic heterocycles. The van der Waals surface area contributed by atoms with Crippen LogP contribution >= 0.6 is 34.8 Å². The summed E-state index contributed by atoms with van der Waals surface area (Å²) in [6.07, 6.45) is 1.18. The zero-order chi connectivity index (χ0) is 28.1. The van der Waals surface area contributed by atoms with Crippen LogP contribution in [0.25, 0.3) is 0 Å². The Bertz CT molecular complexity index is 1460. The largest absolute Gasteiger partial charge is 0.480 e. The van der Waals surface area contributed by atoms with Gasteiger partial charge in [0, 0.05) is 17.5 Å². The van der Waals surface area contributed by atoms with Gasteiger partial charge in [-0.15, -0.1) is 0 Å². The first kappa shape index (κ1) is 27.7. The van der Waals surface area contributed by atoms with Crippen molar-refractivity contribution in [3.8, 4) is 0 Å². The maximum atomic E-state index is 14.4. The second-order valence-corrected chi connectivity index (χ2v) is 11.2. The zero-order valence-electron chi connectivity index (χ0n) is 21.4. The molecule has 0 saturated carbocycles. The highest BCUT2D eigenvalue weighted by Crippen LogP contribution is 2.53. The van der Waals surface area contributed by atoms with Crippen LogP contribution in [0.15, 0.2) is 60.7 Å².